The van der Waals surface area contributed by atoms with E-state index in [0.717, 1.165) is 66.3 Å². The molecule has 3 aliphatic heterocycles. The van der Waals surface area contributed by atoms with Gasteiger partial charge in [0.15, 0.2) is 11.6 Å². The van der Waals surface area contributed by atoms with E-state index in [1.807, 2.05) is 24.3 Å². The Labute approximate surface area is 279 Å². The standard InChI is InChI=1S/C35H49N8O3P/c1-7-24-20-28(31(45-3)21-30(24)43-14-12-25(13-15-43)42-18-16-41(2)17-19-42)39-35-37-23-32(46-4)34(40-35)38-29-22-36-27-11-9-8-10-26(27)33(29)47(5,6)44/h8-11,20-21,23,25,36H,7,12-19,22H2,1-6H3,(H2,37,38,39,40). The summed E-state index contributed by atoms with van der Waals surface area (Å²) >= 11 is 0. The third kappa shape index (κ3) is 7.22. The van der Waals surface area contributed by atoms with E-state index < -0.39 is 7.14 Å². The first-order chi connectivity index (χ1) is 22.7. The van der Waals surface area contributed by atoms with Crippen LogP contribution in [0.1, 0.15) is 30.9 Å². The minimum absolute atomic E-state index is 0.400. The maximum Gasteiger partial charge on any atom is 0.229 e. The Kier molecular flexibility index (Phi) is 9.96. The lowest BCUT2D eigenvalue weighted by molar-refractivity contribution is 0.0982. The molecule has 0 aliphatic carbocycles. The number of ether oxygens (including phenoxy) is 2. The molecule has 0 atom stereocenters. The SMILES string of the molecule is CCc1cc(Nc2ncc(OC)c(NC3=C(P(C)(C)=O)c4ccccc4NC3)n2)c(OC)cc1N1CCC(N2CCN(C)CC2)CC1. The normalized spacial score (nSPS) is 18.0. The van der Waals surface area contributed by atoms with Crippen molar-refractivity contribution < 1.29 is 14.0 Å². The van der Waals surface area contributed by atoms with Crippen LogP contribution < -0.4 is 30.3 Å². The van der Waals surface area contributed by atoms with E-state index in [1.54, 1.807) is 33.7 Å². The molecule has 0 saturated carbocycles. The number of anilines is 5. The number of piperazine rings is 1. The van der Waals surface area contributed by atoms with Gasteiger partial charge in [-0.3, -0.25) is 4.90 Å². The molecule has 0 radical (unpaired) electrons. The predicted molar refractivity (Wildman–Crippen MR) is 193 cm³/mol. The van der Waals surface area contributed by atoms with Crippen molar-refractivity contribution >= 4 is 41.3 Å². The molecule has 3 N–H and O–H groups in total. The number of aromatic nitrogens is 2. The summed E-state index contributed by atoms with van der Waals surface area (Å²) < 4.78 is 25.1. The smallest absolute Gasteiger partial charge is 0.229 e. The summed E-state index contributed by atoms with van der Waals surface area (Å²) in [5.41, 5.74) is 5.99. The summed E-state index contributed by atoms with van der Waals surface area (Å²) in [5.74, 6) is 2.11. The Hall–Kier alpha value is -3.79. The molecule has 0 bridgehead atoms. The first-order valence-corrected chi connectivity index (χ1v) is 19.2. The van der Waals surface area contributed by atoms with Gasteiger partial charge >= 0.3 is 0 Å². The van der Waals surface area contributed by atoms with Crippen LogP contribution >= 0.6 is 7.14 Å². The lowest BCUT2D eigenvalue weighted by Gasteiger charge is -2.43. The van der Waals surface area contributed by atoms with E-state index in [2.05, 4.69) is 61.7 Å². The number of rotatable bonds is 10. The van der Waals surface area contributed by atoms with Crippen molar-refractivity contribution in [2.75, 3.05) is 101 Å². The molecule has 3 aromatic rings. The Morgan fingerprint density at radius 3 is 2.38 bits per heavy atom. The molecule has 6 rings (SSSR count). The van der Waals surface area contributed by atoms with Gasteiger partial charge in [-0.15, -0.1) is 0 Å². The first kappa shape index (κ1) is 33.1. The summed E-state index contributed by atoms with van der Waals surface area (Å²) in [5, 5.41) is 11.1. The molecule has 1 aromatic heterocycles. The lowest BCUT2D eigenvalue weighted by atomic mass is 9.99. The van der Waals surface area contributed by atoms with Crippen LogP contribution in [0, 0.1) is 0 Å². The molecule has 12 heteroatoms. The third-order valence-electron chi connectivity index (χ3n) is 9.59. The molecule has 11 nitrogen and oxygen atoms in total. The van der Waals surface area contributed by atoms with Gasteiger partial charge in [-0.2, -0.15) is 4.98 Å². The Bertz CT molecular complexity index is 1660. The van der Waals surface area contributed by atoms with Gasteiger partial charge in [0.25, 0.3) is 0 Å². The molecule has 0 unspecified atom stereocenters. The molecule has 2 saturated heterocycles. The second kappa shape index (κ2) is 14.1. The van der Waals surface area contributed by atoms with Gasteiger partial charge < -0.3 is 39.8 Å². The van der Waals surface area contributed by atoms with Gasteiger partial charge in [-0.25, -0.2) is 4.98 Å². The van der Waals surface area contributed by atoms with Crippen LogP contribution in [0.2, 0.25) is 0 Å². The van der Waals surface area contributed by atoms with Crippen LogP contribution in [0.5, 0.6) is 11.5 Å². The van der Waals surface area contributed by atoms with Gasteiger partial charge in [0.1, 0.15) is 12.9 Å². The summed E-state index contributed by atoms with van der Waals surface area (Å²) in [7, 11) is 2.86. The Balaban J connectivity index is 1.23. The number of likely N-dealkylation sites (N-methyl/N-ethyl adjacent to an activating group) is 1. The highest BCUT2D eigenvalue weighted by molar-refractivity contribution is 7.73. The first-order valence-electron chi connectivity index (χ1n) is 16.6. The van der Waals surface area contributed by atoms with Crippen molar-refractivity contribution in [2.24, 2.45) is 0 Å². The highest BCUT2D eigenvalue weighted by Gasteiger charge is 2.30. The highest BCUT2D eigenvalue weighted by atomic mass is 31.2. The maximum absolute atomic E-state index is 13.5. The van der Waals surface area contributed by atoms with Gasteiger partial charge in [0, 0.05) is 79.3 Å². The van der Waals surface area contributed by atoms with E-state index >= 15 is 0 Å². The third-order valence-corrected chi connectivity index (χ3v) is 11.2. The number of piperidine rings is 1. The van der Waals surface area contributed by atoms with Crippen LogP contribution in [0.4, 0.5) is 28.8 Å². The number of nitrogens with one attached hydrogen (secondary N) is 3. The number of aryl methyl sites for hydroxylation is 1. The fourth-order valence-electron chi connectivity index (χ4n) is 7.04. The topological polar surface area (TPSA) is 107 Å². The fourth-order valence-corrected chi connectivity index (χ4v) is 8.60. The van der Waals surface area contributed by atoms with Gasteiger partial charge in [0.2, 0.25) is 5.95 Å². The highest BCUT2D eigenvalue weighted by Crippen LogP contribution is 2.56. The van der Waals surface area contributed by atoms with E-state index in [1.165, 1.54) is 37.2 Å². The molecule has 252 valence electrons. The van der Waals surface area contributed by atoms with Crippen LogP contribution in [-0.4, -0.2) is 106 Å². The zero-order valence-electron chi connectivity index (χ0n) is 28.6. The second-order valence-electron chi connectivity index (χ2n) is 13.0. The average molecular weight is 661 g/mol. The molecule has 47 heavy (non-hydrogen) atoms. The molecular formula is C35H49N8O3P. The minimum Gasteiger partial charge on any atom is -0.494 e. The number of para-hydroxylation sites is 1. The molecule has 2 aromatic carbocycles. The Morgan fingerprint density at radius 2 is 1.70 bits per heavy atom. The summed E-state index contributed by atoms with van der Waals surface area (Å²) in [6.45, 7) is 13.0. The zero-order valence-corrected chi connectivity index (χ0v) is 29.5. The van der Waals surface area contributed by atoms with Crippen LogP contribution in [0.3, 0.4) is 0 Å². The van der Waals surface area contributed by atoms with Crippen LogP contribution in [0.15, 0.2) is 48.3 Å². The quantitative estimate of drug-likeness (QED) is 0.228. The monoisotopic (exact) mass is 660 g/mol. The Morgan fingerprint density at radius 1 is 0.979 bits per heavy atom. The number of fused-ring (bicyclic) bond motifs is 1. The van der Waals surface area contributed by atoms with Crippen molar-refractivity contribution in [3.05, 3.63) is 59.4 Å². The molecule has 0 amide bonds. The minimum atomic E-state index is -2.65. The number of methoxy groups -OCH3 is 2. The number of hydrogen-bond acceptors (Lipinski definition) is 11. The van der Waals surface area contributed by atoms with Crippen LogP contribution in [0.25, 0.3) is 5.31 Å². The number of benzene rings is 2. The molecule has 4 heterocycles. The second-order valence-corrected chi connectivity index (χ2v) is 16.2. The lowest BCUT2D eigenvalue weighted by Crippen LogP contribution is -2.52. The van der Waals surface area contributed by atoms with Gasteiger partial charge in [-0.05, 0) is 57.3 Å². The molecule has 0 spiro atoms. The van der Waals surface area contributed by atoms with Crippen molar-refractivity contribution in [1.82, 2.24) is 19.8 Å². The zero-order chi connectivity index (χ0) is 33.1. The van der Waals surface area contributed by atoms with E-state index in [-0.39, 0.29) is 0 Å². The predicted octanol–water partition coefficient (Wildman–Crippen LogP) is 5.84. The number of nitrogens with zero attached hydrogens (tertiary/aromatic N) is 5. The van der Waals surface area contributed by atoms with Crippen molar-refractivity contribution in [2.45, 2.75) is 32.2 Å². The van der Waals surface area contributed by atoms with Crippen molar-refractivity contribution in [3.63, 3.8) is 0 Å². The summed E-state index contributed by atoms with van der Waals surface area (Å²) in [4.78, 5) is 17.0. The maximum atomic E-state index is 13.5. The largest absolute Gasteiger partial charge is 0.494 e. The molecule has 2 fully saturated rings. The molecule has 3 aliphatic rings. The van der Waals surface area contributed by atoms with Crippen LogP contribution in [-0.2, 0) is 11.0 Å². The van der Waals surface area contributed by atoms with Gasteiger partial charge in [-0.1, -0.05) is 25.1 Å². The summed E-state index contributed by atoms with van der Waals surface area (Å²) in [6.07, 6.45) is 4.89. The van der Waals surface area contributed by atoms with E-state index in [0.29, 0.717) is 30.1 Å². The van der Waals surface area contributed by atoms with E-state index in [9.17, 15) is 4.57 Å². The number of hydrogen-bond donors (Lipinski definition) is 3. The van der Waals surface area contributed by atoms with E-state index in [4.69, 9.17) is 14.5 Å². The fraction of sp³-hybridized carbons (Fsp3) is 0.486. The van der Waals surface area contributed by atoms with Crippen molar-refractivity contribution in [1.29, 1.82) is 0 Å². The summed E-state index contributed by atoms with van der Waals surface area (Å²) in [6, 6.07) is 12.9. The average Bonchev–Trinajstić information content (AvgIpc) is 3.08. The van der Waals surface area contributed by atoms with Crippen molar-refractivity contribution in [3.8, 4) is 11.5 Å². The van der Waals surface area contributed by atoms with Gasteiger partial charge in [0.05, 0.1) is 32.6 Å². The molecular weight excluding hydrogens is 611 g/mol.